The molecular weight excluding hydrogens is 238 g/mol. The summed E-state index contributed by atoms with van der Waals surface area (Å²) in [4.78, 5) is 0. The zero-order chi connectivity index (χ0) is 12.3. The Bertz CT molecular complexity index is 508. The molecule has 17 heavy (non-hydrogen) atoms. The highest BCUT2D eigenvalue weighted by molar-refractivity contribution is 6.31. The maximum atomic E-state index is 5.93. The molecule has 0 fully saturated rings. The lowest BCUT2D eigenvalue weighted by Gasteiger charge is -2.06. The highest BCUT2D eigenvalue weighted by atomic mass is 35.5. The van der Waals surface area contributed by atoms with E-state index in [1.807, 2.05) is 37.3 Å². The Morgan fingerprint density at radius 1 is 1.24 bits per heavy atom. The summed E-state index contributed by atoms with van der Waals surface area (Å²) in [6, 6.07) is 9.27. The van der Waals surface area contributed by atoms with E-state index in [0.717, 1.165) is 27.9 Å². The number of hydrogen-bond acceptors (Lipinski definition) is 3. The molecule has 0 aliphatic rings. The third-order valence-corrected chi connectivity index (χ3v) is 2.85. The predicted octanol–water partition coefficient (Wildman–Crippen LogP) is 3.28. The summed E-state index contributed by atoms with van der Waals surface area (Å²) >= 11 is 5.93. The van der Waals surface area contributed by atoms with Crippen LogP contribution in [-0.2, 0) is 13.2 Å². The van der Waals surface area contributed by atoms with Crippen molar-refractivity contribution in [3.63, 3.8) is 0 Å². The molecule has 0 unspecified atom stereocenters. The average molecular weight is 252 g/mol. The van der Waals surface area contributed by atoms with Gasteiger partial charge in [-0.1, -0.05) is 11.6 Å². The van der Waals surface area contributed by atoms with Gasteiger partial charge in [0.05, 0.1) is 6.54 Å². The summed E-state index contributed by atoms with van der Waals surface area (Å²) in [5.41, 5.74) is 6.45. The standard InChI is InChI=1S/C13H14ClNO2/c1-9-6-10(4-5-13(9)14)16-8-12-3-2-11(7-15)17-12/h2-6H,7-8,15H2,1H3. The van der Waals surface area contributed by atoms with Crippen LogP contribution in [0.25, 0.3) is 0 Å². The van der Waals surface area contributed by atoms with Crippen LogP contribution in [-0.4, -0.2) is 0 Å². The van der Waals surface area contributed by atoms with Crippen molar-refractivity contribution in [1.82, 2.24) is 0 Å². The van der Waals surface area contributed by atoms with Gasteiger partial charge in [-0.05, 0) is 42.8 Å². The molecule has 3 nitrogen and oxygen atoms in total. The minimum atomic E-state index is 0.390. The van der Waals surface area contributed by atoms with E-state index in [1.165, 1.54) is 0 Å². The molecule has 90 valence electrons. The van der Waals surface area contributed by atoms with Crippen LogP contribution >= 0.6 is 11.6 Å². The van der Waals surface area contributed by atoms with Crippen molar-refractivity contribution in [1.29, 1.82) is 0 Å². The van der Waals surface area contributed by atoms with Crippen molar-refractivity contribution in [2.75, 3.05) is 0 Å². The van der Waals surface area contributed by atoms with E-state index in [4.69, 9.17) is 26.5 Å². The number of rotatable bonds is 4. The molecule has 0 atom stereocenters. The van der Waals surface area contributed by atoms with Gasteiger partial charge in [0.15, 0.2) is 0 Å². The van der Waals surface area contributed by atoms with Gasteiger partial charge in [0.2, 0.25) is 0 Å². The summed E-state index contributed by atoms with van der Waals surface area (Å²) in [5.74, 6) is 2.30. The van der Waals surface area contributed by atoms with Crippen LogP contribution in [0.3, 0.4) is 0 Å². The Balaban J connectivity index is 1.99. The zero-order valence-corrected chi connectivity index (χ0v) is 10.3. The van der Waals surface area contributed by atoms with E-state index in [1.54, 1.807) is 0 Å². The molecule has 2 aromatic rings. The third-order valence-electron chi connectivity index (χ3n) is 2.43. The molecule has 1 heterocycles. The van der Waals surface area contributed by atoms with E-state index < -0.39 is 0 Å². The third kappa shape index (κ3) is 3.02. The Kier molecular flexibility index (Phi) is 3.71. The highest BCUT2D eigenvalue weighted by Crippen LogP contribution is 2.22. The Morgan fingerprint density at radius 2 is 2.00 bits per heavy atom. The first-order valence-corrected chi connectivity index (χ1v) is 5.73. The molecule has 1 aromatic carbocycles. The van der Waals surface area contributed by atoms with Crippen molar-refractivity contribution in [3.8, 4) is 5.75 Å². The number of aryl methyl sites for hydroxylation is 1. The van der Waals surface area contributed by atoms with Gasteiger partial charge in [-0.2, -0.15) is 0 Å². The van der Waals surface area contributed by atoms with E-state index in [0.29, 0.717) is 13.2 Å². The molecule has 0 amide bonds. The molecule has 0 spiro atoms. The van der Waals surface area contributed by atoms with Crippen molar-refractivity contribution >= 4 is 11.6 Å². The van der Waals surface area contributed by atoms with Gasteiger partial charge in [-0.25, -0.2) is 0 Å². The van der Waals surface area contributed by atoms with Crippen LogP contribution in [0.4, 0.5) is 0 Å². The maximum Gasteiger partial charge on any atom is 0.146 e. The maximum absolute atomic E-state index is 5.93. The second-order valence-corrected chi connectivity index (χ2v) is 4.18. The molecule has 2 N–H and O–H groups in total. The molecule has 2 rings (SSSR count). The smallest absolute Gasteiger partial charge is 0.146 e. The molecule has 4 heteroatoms. The van der Waals surface area contributed by atoms with Gasteiger partial charge in [0, 0.05) is 5.02 Å². The van der Waals surface area contributed by atoms with Crippen LogP contribution in [0.5, 0.6) is 5.75 Å². The predicted molar refractivity (Wildman–Crippen MR) is 67.1 cm³/mol. The first-order chi connectivity index (χ1) is 8.19. The summed E-state index contributed by atoms with van der Waals surface area (Å²) in [6.45, 7) is 2.73. The van der Waals surface area contributed by atoms with Gasteiger partial charge in [0.1, 0.15) is 23.9 Å². The first kappa shape index (κ1) is 12.0. The fourth-order valence-electron chi connectivity index (χ4n) is 1.47. The van der Waals surface area contributed by atoms with Gasteiger partial charge < -0.3 is 14.9 Å². The van der Waals surface area contributed by atoms with Crippen LogP contribution in [0.2, 0.25) is 5.02 Å². The molecule has 0 saturated heterocycles. The quantitative estimate of drug-likeness (QED) is 0.907. The molecule has 0 saturated carbocycles. The van der Waals surface area contributed by atoms with Crippen molar-refractivity contribution in [3.05, 3.63) is 52.4 Å². The average Bonchev–Trinajstić information content (AvgIpc) is 2.79. The number of furan rings is 1. The molecule has 0 aliphatic carbocycles. The van der Waals surface area contributed by atoms with Gasteiger partial charge in [-0.15, -0.1) is 0 Å². The molecule has 0 radical (unpaired) electrons. The highest BCUT2D eigenvalue weighted by Gasteiger charge is 2.03. The normalized spacial score (nSPS) is 10.5. The minimum Gasteiger partial charge on any atom is -0.486 e. The van der Waals surface area contributed by atoms with Gasteiger partial charge in [-0.3, -0.25) is 0 Å². The first-order valence-electron chi connectivity index (χ1n) is 5.35. The summed E-state index contributed by atoms with van der Waals surface area (Å²) in [7, 11) is 0. The molecular formula is C13H14ClNO2. The number of benzene rings is 1. The second kappa shape index (κ2) is 5.25. The van der Waals surface area contributed by atoms with Crippen LogP contribution < -0.4 is 10.5 Å². The van der Waals surface area contributed by atoms with E-state index in [-0.39, 0.29) is 0 Å². The molecule has 0 bridgehead atoms. The van der Waals surface area contributed by atoms with Crippen molar-refractivity contribution in [2.45, 2.75) is 20.1 Å². The lowest BCUT2D eigenvalue weighted by atomic mass is 10.2. The van der Waals surface area contributed by atoms with E-state index in [2.05, 4.69) is 0 Å². The van der Waals surface area contributed by atoms with Crippen LogP contribution in [0.15, 0.2) is 34.7 Å². The number of halogens is 1. The lowest BCUT2D eigenvalue weighted by Crippen LogP contribution is -1.95. The molecule has 0 aliphatic heterocycles. The van der Waals surface area contributed by atoms with E-state index in [9.17, 15) is 0 Å². The molecule has 1 aromatic heterocycles. The van der Waals surface area contributed by atoms with Crippen LogP contribution in [0, 0.1) is 6.92 Å². The Labute approximate surface area is 105 Å². The second-order valence-electron chi connectivity index (χ2n) is 3.77. The van der Waals surface area contributed by atoms with Gasteiger partial charge in [0.25, 0.3) is 0 Å². The number of nitrogens with two attached hydrogens (primary N) is 1. The minimum absolute atomic E-state index is 0.390. The fraction of sp³-hybridized carbons (Fsp3) is 0.231. The number of ether oxygens (including phenoxy) is 1. The largest absolute Gasteiger partial charge is 0.486 e. The topological polar surface area (TPSA) is 48.4 Å². The Morgan fingerprint density at radius 3 is 2.65 bits per heavy atom. The Hall–Kier alpha value is -1.45. The summed E-state index contributed by atoms with van der Waals surface area (Å²) in [5, 5.41) is 0.737. The van der Waals surface area contributed by atoms with Gasteiger partial charge >= 0.3 is 0 Å². The monoisotopic (exact) mass is 251 g/mol. The zero-order valence-electron chi connectivity index (χ0n) is 9.57. The summed E-state index contributed by atoms with van der Waals surface area (Å²) in [6.07, 6.45) is 0. The summed E-state index contributed by atoms with van der Waals surface area (Å²) < 4.78 is 11.0. The van der Waals surface area contributed by atoms with Crippen LogP contribution in [0.1, 0.15) is 17.1 Å². The fourth-order valence-corrected chi connectivity index (χ4v) is 1.59. The van der Waals surface area contributed by atoms with E-state index >= 15 is 0 Å². The van der Waals surface area contributed by atoms with Crippen molar-refractivity contribution in [2.24, 2.45) is 5.73 Å². The SMILES string of the molecule is Cc1cc(OCc2ccc(CN)o2)ccc1Cl. The lowest BCUT2D eigenvalue weighted by molar-refractivity contribution is 0.266. The number of hydrogen-bond donors (Lipinski definition) is 1. The van der Waals surface area contributed by atoms with Crippen molar-refractivity contribution < 1.29 is 9.15 Å².